The molecule has 0 aromatic carbocycles. The lowest BCUT2D eigenvalue weighted by Crippen LogP contribution is -2.54. The topological polar surface area (TPSA) is 12.0 Å². The molecular weight excluding hydrogens is 146 g/mol. The fourth-order valence-corrected chi connectivity index (χ4v) is 1.88. The van der Waals surface area contributed by atoms with Gasteiger partial charge in [-0.15, -0.1) is 0 Å². The Kier molecular flexibility index (Phi) is 4.07. The van der Waals surface area contributed by atoms with Crippen LogP contribution >= 0.6 is 0 Å². The summed E-state index contributed by atoms with van der Waals surface area (Å²) in [4.78, 5) is 0. The van der Waals surface area contributed by atoms with E-state index in [1.807, 2.05) is 0 Å². The second kappa shape index (κ2) is 4.86. The van der Waals surface area contributed by atoms with Crippen molar-refractivity contribution in [2.24, 2.45) is 0 Å². The first-order chi connectivity index (χ1) is 5.77. The molecule has 0 aromatic heterocycles. The summed E-state index contributed by atoms with van der Waals surface area (Å²) in [6.45, 7) is 5.87. The molecule has 0 radical (unpaired) electrons. The molecule has 1 fully saturated rings. The Morgan fingerprint density at radius 1 is 1.17 bits per heavy atom. The summed E-state index contributed by atoms with van der Waals surface area (Å²) in [5, 5.41) is 3.51. The van der Waals surface area contributed by atoms with Gasteiger partial charge >= 0.3 is 0 Å². The Balaban J connectivity index is 1.88. The molecule has 1 aliphatic heterocycles. The number of hydrogen-bond acceptors (Lipinski definition) is 1. The van der Waals surface area contributed by atoms with Crippen LogP contribution in [0.3, 0.4) is 0 Å². The maximum atomic E-state index is 3.51. The van der Waals surface area contributed by atoms with E-state index < -0.39 is 0 Å². The molecule has 1 nitrogen and oxygen atoms in total. The second-order valence-electron chi connectivity index (χ2n) is 4.40. The molecule has 1 heteroatoms. The maximum Gasteiger partial charge on any atom is 0.0165 e. The monoisotopic (exact) mass is 169 g/mol. The Morgan fingerprint density at radius 3 is 2.33 bits per heavy atom. The third-order valence-electron chi connectivity index (χ3n) is 3.06. The van der Waals surface area contributed by atoms with Gasteiger partial charge in [-0.05, 0) is 26.3 Å². The summed E-state index contributed by atoms with van der Waals surface area (Å²) in [6, 6.07) is 0. The zero-order valence-corrected chi connectivity index (χ0v) is 8.66. The van der Waals surface area contributed by atoms with Crippen LogP contribution in [0.15, 0.2) is 0 Å². The normalized spacial score (nSPS) is 28.5. The van der Waals surface area contributed by atoms with Crippen LogP contribution in [0.2, 0.25) is 0 Å². The van der Waals surface area contributed by atoms with E-state index in [0.29, 0.717) is 5.54 Å². The molecule has 0 saturated carbocycles. The molecule has 72 valence electrons. The van der Waals surface area contributed by atoms with Crippen molar-refractivity contribution < 1.29 is 0 Å². The molecule has 0 spiro atoms. The van der Waals surface area contributed by atoms with Crippen molar-refractivity contribution in [2.75, 3.05) is 6.54 Å². The summed E-state index contributed by atoms with van der Waals surface area (Å²) in [5.41, 5.74) is 0.520. The van der Waals surface area contributed by atoms with Crippen LogP contribution in [0.5, 0.6) is 0 Å². The third kappa shape index (κ3) is 3.14. The van der Waals surface area contributed by atoms with Gasteiger partial charge in [0.05, 0.1) is 0 Å². The van der Waals surface area contributed by atoms with Gasteiger partial charge in [-0.2, -0.15) is 0 Å². The highest BCUT2D eigenvalue weighted by Gasteiger charge is 2.29. The van der Waals surface area contributed by atoms with Gasteiger partial charge in [-0.1, -0.05) is 39.0 Å². The van der Waals surface area contributed by atoms with Crippen LogP contribution in [0.4, 0.5) is 0 Å². The predicted octanol–water partition coefficient (Wildman–Crippen LogP) is 3.10. The van der Waals surface area contributed by atoms with E-state index in [-0.39, 0.29) is 0 Å². The maximum absolute atomic E-state index is 3.51. The zero-order valence-electron chi connectivity index (χ0n) is 8.66. The molecule has 1 heterocycles. The predicted molar refractivity (Wildman–Crippen MR) is 54.4 cm³/mol. The van der Waals surface area contributed by atoms with Crippen LogP contribution in [0.1, 0.15) is 58.8 Å². The average molecular weight is 169 g/mol. The summed E-state index contributed by atoms with van der Waals surface area (Å²) in [6.07, 6.45) is 9.85. The minimum atomic E-state index is 0.520. The minimum Gasteiger partial charge on any atom is -0.311 e. The fraction of sp³-hybridized carbons (Fsp3) is 1.00. The van der Waals surface area contributed by atoms with Gasteiger partial charge in [-0.3, -0.25) is 0 Å². The quantitative estimate of drug-likeness (QED) is 0.602. The van der Waals surface area contributed by atoms with E-state index in [4.69, 9.17) is 0 Å². The number of hydrogen-bond donors (Lipinski definition) is 1. The third-order valence-corrected chi connectivity index (χ3v) is 3.06. The van der Waals surface area contributed by atoms with Crippen LogP contribution in [-0.4, -0.2) is 12.1 Å². The van der Waals surface area contributed by atoms with Crippen molar-refractivity contribution in [3.8, 4) is 0 Å². The molecule has 0 bridgehead atoms. The van der Waals surface area contributed by atoms with Gasteiger partial charge in [0.2, 0.25) is 0 Å². The Labute approximate surface area is 76.9 Å². The Morgan fingerprint density at radius 2 is 1.83 bits per heavy atom. The van der Waals surface area contributed by atoms with Crippen LogP contribution in [0, 0.1) is 0 Å². The molecule has 1 atom stereocenters. The Bertz CT molecular complexity index is 116. The van der Waals surface area contributed by atoms with E-state index in [9.17, 15) is 0 Å². The highest BCUT2D eigenvalue weighted by Crippen LogP contribution is 2.24. The molecule has 1 N–H and O–H groups in total. The largest absolute Gasteiger partial charge is 0.311 e. The van der Waals surface area contributed by atoms with E-state index in [1.54, 1.807) is 0 Å². The van der Waals surface area contributed by atoms with E-state index >= 15 is 0 Å². The first-order valence-electron chi connectivity index (χ1n) is 5.52. The lowest BCUT2D eigenvalue weighted by Gasteiger charge is -2.40. The molecule has 0 aromatic rings. The number of unbranched alkanes of at least 4 members (excludes halogenated alkanes) is 4. The lowest BCUT2D eigenvalue weighted by molar-refractivity contribution is 0.210. The highest BCUT2D eigenvalue weighted by molar-refractivity contribution is 4.91. The molecule has 1 saturated heterocycles. The van der Waals surface area contributed by atoms with Gasteiger partial charge < -0.3 is 5.32 Å². The van der Waals surface area contributed by atoms with Gasteiger partial charge in [-0.25, -0.2) is 0 Å². The van der Waals surface area contributed by atoms with Gasteiger partial charge in [0, 0.05) is 5.54 Å². The van der Waals surface area contributed by atoms with Crippen molar-refractivity contribution in [3.63, 3.8) is 0 Å². The van der Waals surface area contributed by atoms with Crippen molar-refractivity contribution in [3.05, 3.63) is 0 Å². The van der Waals surface area contributed by atoms with Crippen molar-refractivity contribution in [2.45, 2.75) is 64.3 Å². The van der Waals surface area contributed by atoms with E-state index in [0.717, 1.165) is 0 Å². The molecule has 1 rings (SSSR count). The fourth-order valence-electron chi connectivity index (χ4n) is 1.88. The van der Waals surface area contributed by atoms with Gasteiger partial charge in [0.1, 0.15) is 0 Å². The summed E-state index contributed by atoms with van der Waals surface area (Å²) >= 11 is 0. The average Bonchev–Trinajstić information content (AvgIpc) is 2.01. The summed E-state index contributed by atoms with van der Waals surface area (Å²) in [7, 11) is 0. The zero-order chi connectivity index (χ0) is 8.86. The summed E-state index contributed by atoms with van der Waals surface area (Å²) < 4.78 is 0. The standard InChI is InChI=1S/C11H23N/c1-3-4-5-6-7-8-11(2)9-10-12-11/h12H,3-10H2,1-2H3. The Hall–Kier alpha value is -0.0400. The molecule has 1 unspecified atom stereocenters. The van der Waals surface area contributed by atoms with E-state index in [2.05, 4.69) is 19.2 Å². The second-order valence-corrected chi connectivity index (χ2v) is 4.40. The van der Waals surface area contributed by atoms with Gasteiger partial charge in [0.25, 0.3) is 0 Å². The molecule has 0 aliphatic carbocycles. The number of rotatable bonds is 6. The SMILES string of the molecule is CCCCCCCC1(C)CCN1. The molecule has 0 amide bonds. The van der Waals surface area contributed by atoms with Crippen LogP contribution in [-0.2, 0) is 0 Å². The van der Waals surface area contributed by atoms with E-state index in [1.165, 1.54) is 51.5 Å². The van der Waals surface area contributed by atoms with Crippen molar-refractivity contribution >= 4 is 0 Å². The molecular formula is C11H23N. The minimum absolute atomic E-state index is 0.520. The first kappa shape index (κ1) is 10.0. The van der Waals surface area contributed by atoms with Crippen molar-refractivity contribution in [1.82, 2.24) is 5.32 Å². The van der Waals surface area contributed by atoms with Crippen LogP contribution < -0.4 is 5.32 Å². The highest BCUT2D eigenvalue weighted by atomic mass is 15.0. The van der Waals surface area contributed by atoms with Gasteiger partial charge in [0.15, 0.2) is 0 Å². The first-order valence-corrected chi connectivity index (χ1v) is 5.52. The molecule has 12 heavy (non-hydrogen) atoms. The van der Waals surface area contributed by atoms with Crippen LogP contribution in [0.25, 0.3) is 0 Å². The number of nitrogens with one attached hydrogen (secondary N) is 1. The summed E-state index contributed by atoms with van der Waals surface area (Å²) in [5.74, 6) is 0. The molecule has 1 aliphatic rings. The smallest absolute Gasteiger partial charge is 0.0165 e. The van der Waals surface area contributed by atoms with Crippen molar-refractivity contribution in [1.29, 1.82) is 0 Å². The lowest BCUT2D eigenvalue weighted by atomic mass is 9.85.